The fourth-order valence-electron chi connectivity index (χ4n) is 3.58. The van der Waals surface area contributed by atoms with Crippen LogP contribution in [0.5, 0.6) is 0 Å². The Balaban J connectivity index is 1.99. The molecule has 1 fully saturated rings. The maximum Gasteiger partial charge on any atom is 0.240 e. The van der Waals surface area contributed by atoms with Gasteiger partial charge in [0.2, 0.25) is 5.91 Å². The summed E-state index contributed by atoms with van der Waals surface area (Å²) >= 11 is 0. The molecule has 96 valence electrons. The highest BCUT2D eigenvalue weighted by molar-refractivity contribution is 5.97. The predicted octanol–water partition coefficient (Wildman–Crippen LogP) is 2.06. The molecule has 1 aromatic rings. The van der Waals surface area contributed by atoms with Gasteiger partial charge in [0.25, 0.3) is 0 Å². The number of para-hydroxylation sites is 1. The summed E-state index contributed by atoms with van der Waals surface area (Å²) in [5, 5.41) is 2.96. The highest BCUT2D eigenvalue weighted by atomic mass is 16.2. The van der Waals surface area contributed by atoms with Crippen molar-refractivity contribution < 1.29 is 4.79 Å². The van der Waals surface area contributed by atoms with Crippen LogP contribution in [0.15, 0.2) is 24.3 Å². The number of nitrogens with one attached hydrogen (secondary N) is 1. The minimum absolute atomic E-state index is 0.189. The summed E-state index contributed by atoms with van der Waals surface area (Å²) in [5.74, 6) is 0.189. The number of carbonyl (C=O) groups excluding carboxylic acids is 1. The van der Waals surface area contributed by atoms with Crippen LogP contribution < -0.4 is 10.2 Å². The molecule has 1 aromatic carbocycles. The topological polar surface area (TPSA) is 32.3 Å². The van der Waals surface area contributed by atoms with Gasteiger partial charge in [-0.15, -0.1) is 0 Å². The Morgan fingerprint density at radius 3 is 2.78 bits per heavy atom. The largest absolute Gasteiger partial charge is 0.311 e. The first-order chi connectivity index (χ1) is 8.77. The molecule has 2 aliphatic rings. The summed E-state index contributed by atoms with van der Waals surface area (Å²) in [6.07, 6.45) is 5.05. The van der Waals surface area contributed by atoms with E-state index in [-0.39, 0.29) is 11.3 Å². The molecular weight excluding hydrogens is 224 g/mol. The van der Waals surface area contributed by atoms with Gasteiger partial charge < -0.3 is 10.2 Å². The zero-order valence-electron chi connectivity index (χ0n) is 10.9. The van der Waals surface area contributed by atoms with Crippen molar-refractivity contribution in [1.29, 1.82) is 0 Å². The molecular formula is C15H20N2O. The maximum atomic E-state index is 12.2. The first-order valence-electron chi connectivity index (χ1n) is 6.81. The van der Waals surface area contributed by atoms with Crippen LogP contribution in [0.4, 0.5) is 5.69 Å². The van der Waals surface area contributed by atoms with Crippen molar-refractivity contribution in [2.24, 2.45) is 0 Å². The van der Waals surface area contributed by atoms with Crippen molar-refractivity contribution in [2.75, 3.05) is 25.0 Å². The van der Waals surface area contributed by atoms with Gasteiger partial charge in [-0.05, 0) is 31.5 Å². The zero-order valence-corrected chi connectivity index (χ0v) is 10.9. The van der Waals surface area contributed by atoms with Crippen LogP contribution in [0.2, 0.25) is 0 Å². The minimum Gasteiger partial charge on any atom is -0.311 e. The Morgan fingerprint density at radius 2 is 2.06 bits per heavy atom. The van der Waals surface area contributed by atoms with Gasteiger partial charge in [-0.3, -0.25) is 4.79 Å². The molecule has 1 saturated carbocycles. The number of fused-ring (bicyclic) bond motifs is 2. The molecule has 0 radical (unpaired) electrons. The third kappa shape index (κ3) is 1.65. The van der Waals surface area contributed by atoms with Crippen LogP contribution in [-0.4, -0.2) is 26.0 Å². The quantitative estimate of drug-likeness (QED) is 0.863. The number of hydrogen-bond donors (Lipinski definition) is 1. The number of anilines is 1. The lowest BCUT2D eigenvalue weighted by Crippen LogP contribution is -2.39. The molecule has 1 spiro atoms. The molecule has 0 atom stereocenters. The fourth-order valence-corrected chi connectivity index (χ4v) is 3.58. The van der Waals surface area contributed by atoms with Crippen molar-refractivity contribution in [2.45, 2.75) is 31.1 Å². The van der Waals surface area contributed by atoms with Crippen LogP contribution in [0.25, 0.3) is 0 Å². The molecule has 3 nitrogen and oxygen atoms in total. The highest BCUT2D eigenvalue weighted by Crippen LogP contribution is 2.50. The Labute approximate surface area is 108 Å². The molecule has 0 unspecified atom stereocenters. The van der Waals surface area contributed by atoms with E-state index < -0.39 is 0 Å². The van der Waals surface area contributed by atoms with E-state index in [2.05, 4.69) is 23.5 Å². The molecule has 0 bridgehead atoms. The third-order valence-corrected chi connectivity index (χ3v) is 4.42. The second kappa shape index (κ2) is 4.39. The Hall–Kier alpha value is -1.35. The third-order valence-electron chi connectivity index (χ3n) is 4.42. The minimum atomic E-state index is 0.189. The van der Waals surface area contributed by atoms with E-state index in [0.29, 0.717) is 6.54 Å². The zero-order chi connectivity index (χ0) is 12.6. The first-order valence-corrected chi connectivity index (χ1v) is 6.81. The van der Waals surface area contributed by atoms with Crippen LogP contribution in [-0.2, 0) is 10.2 Å². The van der Waals surface area contributed by atoms with Crippen molar-refractivity contribution in [1.82, 2.24) is 5.32 Å². The lowest BCUT2D eigenvalue weighted by atomic mass is 9.81. The van der Waals surface area contributed by atoms with Gasteiger partial charge in [-0.25, -0.2) is 0 Å². The highest BCUT2D eigenvalue weighted by Gasteiger charge is 2.45. The molecule has 3 rings (SSSR count). The molecule has 0 saturated heterocycles. The second-order valence-electron chi connectivity index (χ2n) is 5.51. The average Bonchev–Trinajstić information content (AvgIpc) is 2.98. The molecule has 3 heteroatoms. The number of amides is 1. The van der Waals surface area contributed by atoms with Gasteiger partial charge >= 0.3 is 0 Å². The molecule has 18 heavy (non-hydrogen) atoms. The molecule has 1 N–H and O–H groups in total. The summed E-state index contributed by atoms with van der Waals surface area (Å²) in [5.41, 5.74) is 2.78. The maximum absolute atomic E-state index is 12.2. The van der Waals surface area contributed by atoms with Crippen LogP contribution in [0.1, 0.15) is 31.2 Å². The Kier molecular flexibility index (Phi) is 2.86. The average molecular weight is 244 g/mol. The standard InChI is InChI=1S/C15H20N2O/c1-16-10-14(18)17-11-15(8-4-5-9-15)12-6-2-3-7-13(12)17/h2-3,6-7,16H,4-5,8-11H2,1H3. The van der Waals surface area contributed by atoms with Crippen molar-refractivity contribution in [3.05, 3.63) is 29.8 Å². The molecule has 0 aromatic heterocycles. The van der Waals surface area contributed by atoms with Crippen molar-refractivity contribution in [3.63, 3.8) is 0 Å². The molecule has 1 amide bonds. The summed E-state index contributed by atoms with van der Waals surface area (Å²) in [6.45, 7) is 1.30. The number of likely N-dealkylation sites (N-methyl/N-ethyl adjacent to an activating group) is 1. The van der Waals surface area contributed by atoms with E-state index in [1.165, 1.54) is 31.2 Å². The van der Waals surface area contributed by atoms with Gasteiger partial charge in [-0.1, -0.05) is 31.0 Å². The normalized spacial score (nSPS) is 20.4. The Bertz CT molecular complexity index is 463. The Morgan fingerprint density at radius 1 is 1.33 bits per heavy atom. The molecule has 1 heterocycles. The summed E-state index contributed by atoms with van der Waals surface area (Å²) < 4.78 is 0. The number of nitrogens with zero attached hydrogens (tertiary/aromatic N) is 1. The predicted molar refractivity (Wildman–Crippen MR) is 72.9 cm³/mol. The SMILES string of the molecule is CNCC(=O)N1CC2(CCCC2)c2ccccc21. The van der Waals surface area contributed by atoms with Gasteiger partial charge in [-0.2, -0.15) is 0 Å². The lowest BCUT2D eigenvalue weighted by Gasteiger charge is -2.24. The molecule has 1 aliphatic heterocycles. The van der Waals surface area contributed by atoms with E-state index in [9.17, 15) is 4.79 Å². The van der Waals surface area contributed by atoms with E-state index in [0.717, 1.165) is 12.2 Å². The van der Waals surface area contributed by atoms with Crippen LogP contribution >= 0.6 is 0 Å². The van der Waals surface area contributed by atoms with Gasteiger partial charge in [0.15, 0.2) is 0 Å². The van der Waals surface area contributed by atoms with Crippen LogP contribution in [0.3, 0.4) is 0 Å². The second-order valence-corrected chi connectivity index (χ2v) is 5.51. The number of hydrogen-bond acceptors (Lipinski definition) is 2. The van der Waals surface area contributed by atoms with Gasteiger partial charge in [0.05, 0.1) is 6.54 Å². The smallest absolute Gasteiger partial charge is 0.240 e. The number of benzene rings is 1. The van der Waals surface area contributed by atoms with Crippen molar-refractivity contribution in [3.8, 4) is 0 Å². The first kappa shape index (κ1) is 11.7. The van der Waals surface area contributed by atoms with E-state index in [1.807, 2.05) is 18.0 Å². The van der Waals surface area contributed by atoms with E-state index in [4.69, 9.17) is 0 Å². The van der Waals surface area contributed by atoms with Gasteiger partial charge in [0.1, 0.15) is 0 Å². The molecule has 1 aliphatic carbocycles. The summed E-state index contributed by atoms with van der Waals surface area (Å²) in [6, 6.07) is 8.45. The summed E-state index contributed by atoms with van der Waals surface area (Å²) in [4.78, 5) is 14.2. The number of carbonyl (C=O) groups is 1. The van der Waals surface area contributed by atoms with Crippen LogP contribution in [0, 0.1) is 0 Å². The lowest BCUT2D eigenvalue weighted by molar-refractivity contribution is -0.117. The summed E-state index contributed by atoms with van der Waals surface area (Å²) in [7, 11) is 1.82. The van der Waals surface area contributed by atoms with E-state index >= 15 is 0 Å². The van der Waals surface area contributed by atoms with E-state index in [1.54, 1.807) is 0 Å². The number of rotatable bonds is 2. The van der Waals surface area contributed by atoms with Gasteiger partial charge in [0, 0.05) is 17.6 Å². The van der Waals surface area contributed by atoms with Crippen molar-refractivity contribution >= 4 is 11.6 Å². The fraction of sp³-hybridized carbons (Fsp3) is 0.533. The monoisotopic (exact) mass is 244 g/mol.